The molecule has 0 aliphatic carbocycles. The van der Waals surface area contributed by atoms with Gasteiger partial charge in [-0.3, -0.25) is 9.59 Å². The average molecular weight is 438 g/mol. The Kier molecular flexibility index (Phi) is 6.33. The van der Waals surface area contributed by atoms with Gasteiger partial charge in [0.2, 0.25) is 5.91 Å². The monoisotopic (exact) mass is 437 g/mol. The van der Waals surface area contributed by atoms with Crippen LogP contribution in [0.2, 0.25) is 5.02 Å². The summed E-state index contributed by atoms with van der Waals surface area (Å²) < 4.78 is 0. The molecule has 4 rings (SSSR count). The Bertz CT molecular complexity index is 1070. The number of benzene rings is 2. The summed E-state index contributed by atoms with van der Waals surface area (Å²) in [7, 11) is 0. The number of halogens is 1. The molecule has 3 aromatic rings. The second-order valence-electron chi connectivity index (χ2n) is 8.59. The summed E-state index contributed by atoms with van der Waals surface area (Å²) in [4.78, 5) is 31.3. The summed E-state index contributed by atoms with van der Waals surface area (Å²) >= 11 is 6.00. The van der Waals surface area contributed by atoms with Crippen LogP contribution in [0, 0.1) is 5.92 Å². The lowest BCUT2D eigenvalue weighted by molar-refractivity contribution is -0.135. The number of hydrogen-bond donors (Lipinski definition) is 2. The average Bonchev–Trinajstić information content (AvgIpc) is 3.26. The number of aromatic nitrogens is 1. The number of rotatable bonds is 5. The lowest BCUT2D eigenvalue weighted by Gasteiger charge is -2.35. The third kappa shape index (κ3) is 4.62. The van der Waals surface area contributed by atoms with Crippen molar-refractivity contribution in [2.24, 2.45) is 5.92 Å². The van der Waals surface area contributed by atoms with E-state index in [0.29, 0.717) is 24.6 Å². The van der Waals surface area contributed by atoms with Crippen molar-refractivity contribution in [3.8, 4) is 0 Å². The number of aromatic amines is 1. The molecule has 1 atom stereocenters. The molecule has 0 saturated carbocycles. The molecule has 0 unspecified atom stereocenters. The van der Waals surface area contributed by atoms with Gasteiger partial charge in [0, 0.05) is 40.8 Å². The highest BCUT2D eigenvalue weighted by molar-refractivity contribution is 6.30. The molecule has 1 aliphatic heterocycles. The van der Waals surface area contributed by atoms with Crippen LogP contribution in [0.1, 0.15) is 48.5 Å². The van der Waals surface area contributed by atoms with Crippen LogP contribution in [0.15, 0.2) is 54.7 Å². The van der Waals surface area contributed by atoms with Crippen LogP contribution in [0.3, 0.4) is 0 Å². The van der Waals surface area contributed by atoms with Crippen LogP contribution < -0.4 is 5.32 Å². The summed E-state index contributed by atoms with van der Waals surface area (Å²) in [5, 5.41) is 4.60. The molecule has 5 nitrogen and oxygen atoms in total. The number of H-pyrrole nitrogens is 1. The maximum atomic E-state index is 13.3. The summed E-state index contributed by atoms with van der Waals surface area (Å²) in [6, 6.07) is 14.9. The molecule has 0 bridgehead atoms. The largest absolute Gasteiger partial charge is 0.361 e. The molecular weight excluding hydrogens is 410 g/mol. The minimum absolute atomic E-state index is 0.000787. The van der Waals surface area contributed by atoms with Crippen LogP contribution in [-0.4, -0.2) is 40.8 Å². The molecule has 31 heavy (non-hydrogen) atoms. The molecule has 6 heteroatoms. The number of amides is 2. The van der Waals surface area contributed by atoms with E-state index >= 15 is 0 Å². The molecule has 1 fully saturated rings. The van der Waals surface area contributed by atoms with E-state index in [2.05, 4.69) is 22.4 Å². The quantitative estimate of drug-likeness (QED) is 0.591. The van der Waals surface area contributed by atoms with Gasteiger partial charge in [-0.15, -0.1) is 0 Å². The molecule has 1 saturated heterocycles. The number of carbonyl (C=O) groups excluding carboxylic acids is 2. The van der Waals surface area contributed by atoms with Crippen molar-refractivity contribution in [3.63, 3.8) is 0 Å². The molecule has 2 aromatic carbocycles. The third-order valence-electron chi connectivity index (χ3n) is 6.21. The van der Waals surface area contributed by atoms with E-state index in [-0.39, 0.29) is 17.7 Å². The first-order chi connectivity index (χ1) is 14.9. The predicted octanol–water partition coefficient (Wildman–Crippen LogP) is 4.98. The second kappa shape index (κ2) is 9.15. The van der Waals surface area contributed by atoms with E-state index in [4.69, 9.17) is 11.6 Å². The van der Waals surface area contributed by atoms with Gasteiger partial charge >= 0.3 is 0 Å². The van der Waals surface area contributed by atoms with Crippen LogP contribution >= 0.6 is 11.6 Å². The standard InChI is InChI=1S/C25H28ClN3O2/c1-16(2)23(28-24(30)21-4-3-5-22-20(21)10-13-27-22)25(31)29-14-11-18(12-15-29)17-6-8-19(26)9-7-17/h3-10,13,16,18,23,27H,11-12,14-15H2,1-2H3,(H,28,30)/t23-/m1/s1. The minimum atomic E-state index is -0.547. The zero-order valence-electron chi connectivity index (χ0n) is 17.9. The van der Waals surface area contributed by atoms with Crippen molar-refractivity contribution >= 4 is 34.3 Å². The van der Waals surface area contributed by atoms with E-state index in [1.165, 1.54) is 5.56 Å². The zero-order chi connectivity index (χ0) is 22.0. The van der Waals surface area contributed by atoms with Crippen LogP contribution in [0.5, 0.6) is 0 Å². The van der Waals surface area contributed by atoms with Crippen molar-refractivity contribution in [1.29, 1.82) is 0 Å². The number of carbonyl (C=O) groups is 2. The highest BCUT2D eigenvalue weighted by Gasteiger charge is 2.32. The molecule has 0 radical (unpaired) electrons. The fourth-order valence-corrected chi connectivity index (χ4v) is 4.51. The molecular formula is C25H28ClN3O2. The Hall–Kier alpha value is -2.79. The van der Waals surface area contributed by atoms with E-state index in [1.54, 1.807) is 6.07 Å². The molecule has 2 heterocycles. The smallest absolute Gasteiger partial charge is 0.252 e. The summed E-state index contributed by atoms with van der Waals surface area (Å²) in [6.45, 7) is 5.33. The van der Waals surface area contributed by atoms with Gasteiger partial charge in [-0.05, 0) is 60.6 Å². The van der Waals surface area contributed by atoms with Crippen molar-refractivity contribution in [3.05, 3.63) is 70.9 Å². The van der Waals surface area contributed by atoms with Crippen LogP contribution in [-0.2, 0) is 4.79 Å². The molecule has 0 spiro atoms. The summed E-state index contributed by atoms with van der Waals surface area (Å²) in [5.41, 5.74) is 2.76. The fourth-order valence-electron chi connectivity index (χ4n) is 4.38. The lowest BCUT2D eigenvalue weighted by Crippen LogP contribution is -2.52. The van der Waals surface area contributed by atoms with Gasteiger partial charge in [0.05, 0.1) is 0 Å². The molecule has 162 valence electrons. The van der Waals surface area contributed by atoms with Gasteiger partial charge in [-0.2, -0.15) is 0 Å². The molecule has 1 aliphatic rings. The number of fused-ring (bicyclic) bond motifs is 1. The Morgan fingerprint density at radius 1 is 1.06 bits per heavy atom. The third-order valence-corrected chi connectivity index (χ3v) is 6.46. The van der Waals surface area contributed by atoms with Gasteiger partial charge in [-0.1, -0.05) is 43.6 Å². The zero-order valence-corrected chi connectivity index (χ0v) is 18.7. The Morgan fingerprint density at radius 2 is 1.77 bits per heavy atom. The van der Waals surface area contributed by atoms with Crippen LogP contribution in [0.25, 0.3) is 10.9 Å². The first-order valence-corrected chi connectivity index (χ1v) is 11.2. The summed E-state index contributed by atoms with van der Waals surface area (Å²) in [5.74, 6) is 0.211. The Balaban J connectivity index is 1.42. The second-order valence-corrected chi connectivity index (χ2v) is 9.03. The predicted molar refractivity (Wildman–Crippen MR) is 124 cm³/mol. The van der Waals surface area contributed by atoms with Gasteiger partial charge in [0.25, 0.3) is 5.91 Å². The van der Waals surface area contributed by atoms with E-state index in [0.717, 1.165) is 28.8 Å². The maximum Gasteiger partial charge on any atom is 0.252 e. The van der Waals surface area contributed by atoms with Gasteiger partial charge in [0.15, 0.2) is 0 Å². The molecule has 1 aromatic heterocycles. The SMILES string of the molecule is CC(C)[C@@H](NC(=O)c1cccc2[nH]ccc12)C(=O)N1CCC(c2ccc(Cl)cc2)CC1. The Labute approximate surface area is 187 Å². The van der Waals surface area contributed by atoms with Crippen molar-refractivity contribution in [2.45, 2.75) is 38.6 Å². The van der Waals surface area contributed by atoms with Crippen molar-refractivity contribution in [2.75, 3.05) is 13.1 Å². The van der Waals surface area contributed by atoms with E-state index < -0.39 is 6.04 Å². The van der Waals surface area contributed by atoms with Gasteiger partial charge < -0.3 is 15.2 Å². The molecule has 2 amide bonds. The number of likely N-dealkylation sites (tertiary alicyclic amines) is 1. The highest BCUT2D eigenvalue weighted by atomic mass is 35.5. The van der Waals surface area contributed by atoms with Gasteiger partial charge in [0.1, 0.15) is 6.04 Å². The van der Waals surface area contributed by atoms with Gasteiger partial charge in [-0.25, -0.2) is 0 Å². The number of nitrogens with zero attached hydrogens (tertiary/aromatic N) is 1. The number of nitrogens with one attached hydrogen (secondary N) is 2. The van der Waals surface area contributed by atoms with Crippen molar-refractivity contribution < 1.29 is 9.59 Å². The van der Waals surface area contributed by atoms with Crippen molar-refractivity contribution in [1.82, 2.24) is 15.2 Å². The fraction of sp³-hybridized carbons (Fsp3) is 0.360. The highest BCUT2D eigenvalue weighted by Crippen LogP contribution is 2.29. The van der Waals surface area contributed by atoms with E-state index in [9.17, 15) is 9.59 Å². The van der Waals surface area contributed by atoms with Crippen LogP contribution in [0.4, 0.5) is 0 Å². The first kappa shape index (κ1) is 21.4. The summed E-state index contributed by atoms with van der Waals surface area (Å²) in [6.07, 6.45) is 3.64. The lowest BCUT2D eigenvalue weighted by atomic mass is 9.89. The number of hydrogen-bond acceptors (Lipinski definition) is 2. The Morgan fingerprint density at radius 3 is 2.45 bits per heavy atom. The maximum absolute atomic E-state index is 13.3. The normalized spacial score (nSPS) is 15.9. The van der Waals surface area contributed by atoms with E-state index in [1.807, 2.05) is 55.3 Å². The number of piperidine rings is 1. The topological polar surface area (TPSA) is 65.2 Å². The first-order valence-electron chi connectivity index (χ1n) is 10.8. The molecule has 2 N–H and O–H groups in total. The minimum Gasteiger partial charge on any atom is -0.361 e.